The molecule has 0 atom stereocenters. The van der Waals surface area contributed by atoms with E-state index in [1.165, 1.54) is 7.05 Å². The fourth-order valence-electron chi connectivity index (χ4n) is 2.25. The number of amides is 2. The van der Waals surface area contributed by atoms with Crippen LogP contribution in [0.3, 0.4) is 0 Å². The van der Waals surface area contributed by atoms with Gasteiger partial charge in [0.2, 0.25) is 0 Å². The quantitative estimate of drug-likeness (QED) is 0.531. The molecule has 0 bridgehead atoms. The van der Waals surface area contributed by atoms with Gasteiger partial charge in [0, 0.05) is 17.6 Å². The van der Waals surface area contributed by atoms with Gasteiger partial charge < -0.3 is 15.4 Å². The van der Waals surface area contributed by atoms with Gasteiger partial charge in [-0.25, -0.2) is 0 Å². The van der Waals surface area contributed by atoms with Gasteiger partial charge >= 0.3 is 0 Å². The molecule has 2 N–H and O–H groups in total. The van der Waals surface area contributed by atoms with Crippen LogP contribution in [0.4, 0.5) is 0 Å². The molecule has 2 rings (SSSR count). The molecule has 0 unspecified atom stereocenters. The number of hydrogen-bond acceptors (Lipinski definition) is 3. The lowest BCUT2D eigenvalue weighted by Crippen LogP contribution is -2.33. The third-order valence-electron chi connectivity index (χ3n) is 3.78. The standard InChI is InChI=1S/C21H23ClN2O3/c1-3-4-13-27-18-11-7-16(8-12-18)20(25)24-19(21(26)23-2)14-15-5-9-17(22)10-6-15/h5-12,14H,3-4,13H2,1-2H3,(H,23,26)(H,24,25)/b19-14+. The van der Waals surface area contributed by atoms with E-state index >= 15 is 0 Å². The third-order valence-corrected chi connectivity index (χ3v) is 4.04. The largest absolute Gasteiger partial charge is 0.494 e. The molecule has 0 fully saturated rings. The zero-order valence-corrected chi connectivity index (χ0v) is 16.2. The van der Waals surface area contributed by atoms with Crippen LogP contribution in [0.1, 0.15) is 35.7 Å². The number of ether oxygens (including phenoxy) is 1. The Labute approximate surface area is 164 Å². The third kappa shape index (κ3) is 6.46. The van der Waals surface area contributed by atoms with Crippen molar-refractivity contribution in [2.75, 3.05) is 13.7 Å². The first kappa shape index (κ1) is 20.5. The second-order valence-corrected chi connectivity index (χ2v) is 6.31. The Balaban J connectivity index is 2.11. The molecule has 0 aromatic heterocycles. The number of unbranched alkanes of at least 4 members (excludes halogenated alkanes) is 1. The first-order chi connectivity index (χ1) is 13.0. The number of halogens is 1. The highest BCUT2D eigenvalue weighted by Crippen LogP contribution is 2.15. The Bertz CT molecular complexity index is 799. The molecule has 0 heterocycles. The van der Waals surface area contributed by atoms with Gasteiger partial charge in [0.25, 0.3) is 11.8 Å². The van der Waals surface area contributed by atoms with Gasteiger partial charge in [-0.3, -0.25) is 9.59 Å². The normalized spacial score (nSPS) is 11.0. The lowest BCUT2D eigenvalue weighted by atomic mass is 10.1. The Morgan fingerprint density at radius 1 is 1.07 bits per heavy atom. The molecule has 0 spiro atoms. The molecule has 2 amide bonds. The smallest absolute Gasteiger partial charge is 0.267 e. The fraction of sp³-hybridized carbons (Fsp3) is 0.238. The van der Waals surface area contributed by atoms with E-state index in [0.29, 0.717) is 22.9 Å². The molecule has 0 radical (unpaired) electrons. The number of likely N-dealkylation sites (N-methyl/N-ethyl adjacent to an activating group) is 1. The van der Waals surface area contributed by atoms with E-state index in [2.05, 4.69) is 17.6 Å². The van der Waals surface area contributed by atoms with Crippen molar-refractivity contribution in [3.8, 4) is 5.75 Å². The van der Waals surface area contributed by atoms with E-state index in [1.807, 2.05) is 0 Å². The molecule has 2 aromatic rings. The summed E-state index contributed by atoms with van der Waals surface area (Å²) in [6, 6.07) is 13.8. The monoisotopic (exact) mass is 386 g/mol. The van der Waals surface area contributed by atoms with Crippen LogP contribution in [0.5, 0.6) is 5.75 Å². The van der Waals surface area contributed by atoms with Gasteiger partial charge in [-0.1, -0.05) is 37.1 Å². The zero-order chi connectivity index (χ0) is 19.6. The highest BCUT2D eigenvalue weighted by Gasteiger charge is 2.13. The highest BCUT2D eigenvalue weighted by molar-refractivity contribution is 6.30. The number of benzene rings is 2. The summed E-state index contributed by atoms with van der Waals surface area (Å²) in [5, 5.41) is 5.77. The maximum absolute atomic E-state index is 12.5. The van der Waals surface area contributed by atoms with Crippen molar-refractivity contribution in [1.82, 2.24) is 10.6 Å². The number of rotatable bonds is 8. The molecular formula is C21H23ClN2O3. The van der Waals surface area contributed by atoms with Crippen molar-refractivity contribution in [3.63, 3.8) is 0 Å². The summed E-state index contributed by atoms with van der Waals surface area (Å²) >= 11 is 5.88. The summed E-state index contributed by atoms with van der Waals surface area (Å²) in [4.78, 5) is 24.6. The maximum Gasteiger partial charge on any atom is 0.267 e. The molecule has 6 heteroatoms. The van der Waals surface area contributed by atoms with Gasteiger partial charge in [0.1, 0.15) is 11.4 Å². The Morgan fingerprint density at radius 3 is 2.33 bits per heavy atom. The van der Waals surface area contributed by atoms with Crippen LogP contribution in [0.25, 0.3) is 6.08 Å². The van der Waals surface area contributed by atoms with E-state index in [1.54, 1.807) is 54.6 Å². The highest BCUT2D eigenvalue weighted by atomic mass is 35.5. The molecular weight excluding hydrogens is 364 g/mol. The van der Waals surface area contributed by atoms with Crippen molar-refractivity contribution in [1.29, 1.82) is 0 Å². The molecule has 0 aliphatic heterocycles. The average molecular weight is 387 g/mol. The van der Waals surface area contributed by atoms with Crippen LogP contribution in [0.2, 0.25) is 5.02 Å². The van der Waals surface area contributed by atoms with Crippen molar-refractivity contribution in [2.45, 2.75) is 19.8 Å². The second kappa shape index (κ2) is 10.4. The number of hydrogen-bond donors (Lipinski definition) is 2. The van der Waals surface area contributed by atoms with Crippen LogP contribution in [-0.4, -0.2) is 25.5 Å². The van der Waals surface area contributed by atoms with Crippen LogP contribution in [0.15, 0.2) is 54.2 Å². The van der Waals surface area contributed by atoms with Crippen molar-refractivity contribution >= 4 is 29.5 Å². The molecule has 142 valence electrons. The van der Waals surface area contributed by atoms with Gasteiger partial charge in [-0.05, 0) is 54.5 Å². The number of nitrogens with one attached hydrogen (secondary N) is 2. The molecule has 0 saturated carbocycles. The lowest BCUT2D eigenvalue weighted by Gasteiger charge is -2.10. The topological polar surface area (TPSA) is 67.4 Å². The van der Waals surface area contributed by atoms with Gasteiger partial charge in [0.05, 0.1) is 6.61 Å². The van der Waals surface area contributed by atoms with Gasteiger partial charge in [-0.15, -0.1) is 0 Å². The Hall–Kier alpha value is -2.79. The Kier molecular flexibility index (Phi) is 7.89. The summed E-state index contributed by atoms with van der Waals surface area (Å²) in [7, 11) is 1.51. The molecule has 0 aliphatic carbocycles. The second-order valence-electron chi connectivity index (χ2n) is 5.87. The first-order valence-corrected chi connectivity index (χ1v) is 9.15. The molecule has 0 aliphatic rings. The lowest BCUT2D eigenvalue weighted by molar-refractivity contribution is -0.117. The van der Waals surface area contributed by atoms with Crippen LogP contribution < -0.4 is 15.4 Å². The number of carbonyl (C=O) groups excluding carboxylic acids is 2. The zero-order valence-electron chi connectivity index (χ0n) is 15.4. The molecule has 2 aromatic carbocycles. The molecule has 27 heavy (non-hydrogen) atoms. The summed E-state index contributed by atoms with van der Waals surface area (Å²) in [6.07, 6.45) is 3.63. The van der Waals surface area contributed by atoms with E-state index in [0.717, 1.165) is 18.4 Å². The van der Waals surface area contributed by atoms with Gasteiger partial charge in [-0.2, -0.15) is 0 Å². The van der Waals surface area contributed by atoms with E-state index in [9.17, 15) is 9.59 Å². The summed E-state index contributed by atoms with van der Waals surface area (Å²) in [5.41, 5.74) is 1.33. The average Bonchev–Trinajstić information content (AvgIpc) is 2.69. The first-order valence-electron chi connectivity index (χ1n) is 8.77. The van der Waals surface area contributed by atoms with Crippen molar-refractivity contribution in [3.05, 3.63) is 70.4 Å². The Morgan fingerprint density at radius 2 is 1.74 bits per heavy atom. The molecule has 5 nitrogen and oxygen atoms in total. The summed E-state index contributed by atoms with van der Waals surface area (Å²) in [6.45, 7) is 2.74. The van der Waals surface area contributed by atoms with Crippen LogP contribution in [0, 0.1) is 0 Å². The SMILES string of the molecule is CCCCOc1ccc(C(=O)N/C(=C/c2ccc(Cl)cc2)C(=O)NC)cc1. The predicted octanol–water partition coefficient (Wildman–Crippen LogP) is 4.04. The summed E-state index contributed by atoms with van der Waals surface area (Å²) < 4.78 is 5.59. The minimum atomic E-state index is -0.391. The molecule has 0 saturated heterocycles. The predicted molar refractivity (Wildman–Crippen MR) is 108 cm³/mol. The van der Waals surface area contributed by atoms with Crippen molar-refractivity contribution < 1.29 is 14.3 Å². The van der Waals surface area contributed by atoms with E-state index in [-0.39, 0.29) is 11.6 Å². The number of carbonyl (C=O) groups is 2. The van der Waals surface area contributed by atoms with E-state index in [4.69, 9.17) is 16.3 Å². The van der Waals surface area contributed by atoms with Crippen LogP contribution in [-0.2, 0) is 4.79 Å². The van der Waals surface area contributed by atoms with Gasteiger partial charge in [0.15, 0.2) is 0 Å². The summed E-state index contributed by atoms with van der Waals surface area (Å²) in [5.74, 6) is -0.0556. The maximum atomic E-state index is 12.5. The van der Waals surface area contributed by atoms with Crippen molar-refractivity contribution in [2.24, 2.45) is 0 Å². The van der Waals surface area contributed by atoms with E-state index < -0.39 is 5.91 Å². The minimum absolute atomic E-state index is 0.146. The minimum Gasteiger partial charge on any atom is -0.494 e. The van der Waals surface area contributed by atoms with Crippen LogP contribution >= 0.6 is 11.6 Å². The fourth-order valence-corrected chi connectivity index (χ4v) is 2.38.